The van der Waals surface area contributed by atoms with E-state index in [-0.39, 0.29) is 18.5 Å². The molecule has 0 bridgehead atoms. The molecule has 0 radical (unpaired) electrons. The Bertz CT molecular complexity index is 1300. The zero-order valence-corrected chi connectivity index (χ0v) is 44.7. The van der Waals surface area contributed by atoms with Crippen LogP contribution in [0.5, 0.6) is 0 Å². The predicted molar refractivity (Wildman–Crippen MR) is 287 cm³/mol. The van der Waals surface area contributed by atoms with Crippen LogP contribution < -0.4 is 5.32 Å². The number of esters is 1. The molecule has 1 amide bonds. The third-order valence-electron chi connectivity index (χ3n) is 13.4. The Morgan fingerprint density at radius 3 is 1.50 bits per heavy atom. The molecule has 1 aliphatic rings. The van der Waals surface area contributed by atoms with E-state index in [0.717, 1.165) is 89.9 Å². The number of amides is 1. The standard InChI is InChI=1S/C59H107NO10/c1-3-5-7-9-11-13-15-26-29-33-37-41-45-52(62)51(50-69-59-58(67)57(66)56(65)53(49-61)70-59)60-54(63)46-42-38-34-30-27-23-21-19-17-16-18-20-22-24-28-32-36-40-44-48-68-55(64)47-43-39-35-31-25-14-12-10-8-6-4-2/h20,22,24,26,28-29,41,45,51-53,56-59,61-62,65-67H,3-19,21,23,25,27,30-40,42-44,46-50H2,1-2H3,(H,60,63)/b22-20-,28-24-,29-26+,45-41+. The van der Waals surface area contributed by atoms with E-state index < -0.39 is 49.5 Å². The zero-order chi connectivity index (χ0) is 51.0. The van der Waals surface area contributed by atoms with Gasteiger partial charge in [-0.05, 0) is 77.0 Å². The van der Waals surface area contributed by atoms with Crippen molar-refractivity contribution in [1.29, 1.82) is 0 Å². The number of hydrogen-bond acceptors (Lipinski definition) is 10. The number of rotatable bonds is 49. The van der Waals surface area contributed by atoms with Crippen LogP contribution in [0.4, 0.5) is 0 Å². The van der Waals surface area contributed by atoms with Crippen LogP contribution in [0.1, 0.15) is 251 Å². The van der Waals surface area contributed by atoms with Gasteiger partial charge in [-0.25, -0.2) is 0 Å². The molecule has 408 valence electrons. The summed E-state index contributed by atoms with van der Waals surface area (Å²) in [6.07, 6.45) is 50.6. The van der Waals surface area contributed by atoms with Crippen LogP contribution in [-0.4, -0.2) is 100 Å². The number of ether oxygens (including phenoxy) is 3. The van der Waals surface area contributed by atoms with Gasteiger partial charge in [0.1, 0.15) is 24.4 Å². The number of aliphatic hydroxyl groups excluding tert-OH is 5. The molecule has 7 unspecified atom stereocenters. The first kappa shape index (κ1) is 65.6. The number of carbonyl (C=O) groups is 2. The van der Waals surface area contributed by atoms with Gasteiger partial charge in [0.25, 0.3) is 0 Å². The van der Waals surface area contributed by atoms with Gasteiger partial charge in [0, 0.05) is 12.8 Å². The lowest BCUT2D eigenvalue weighted by Gasteiger charge is -2.40. The van der Waals surface area contributed by atoms with E-state index in [1.54, 1.807) is 6.08 Å². The van der Waals surface area contributed by atoms with Crippen LogP contribution in [0.15, 0.2) is 48.6 Å². The van der Waals surface area contributed by atoms with E-state index in [0.29, 0.717) is 19.4 Å². The van der Waals surface area contributed by atoms with Gasteiger partial charge in [-0.1, -0.05) is 210 Å². The molecule has 0 aromatic rings. The highest BCUT2D eigenvalue weighted by molar-refractivity contribution is 5.76. The first-order valence-electron chi connectivity index (χ1n) is 28.9. The third-order valence-corrected chi connectivity index (χ3v) is 13.4. The predicted octanol–water partition coefficient (Wildman–Crippen LogP) is 12.9. The molecule has 1 aliphatic heterocycles. The number of unbranched alkanes of at least 4 members (excludes halogenated alkanes) is 30. The van der Waals surface area contributed by atoms with Crippen molar-refractivity contribution in [1.82, 2.24) is 5.32 Å². The van der Waals surface area contributed by atoms with Crippen molar-refractivity contribution in [2.45, 2.75) is 294 Å². The molecular weight excluding hydrogens is 883 g/mol. The lowest BCUT2D eigenvalue weighted by Crippen LogP contribution is -2.60. The summed E-state index contributed by atoms with van der Waals surface area (Å²) in [7, 11) is 0. The zero-order valence-electron chi connectivity index (χ0n) is 44.7. The van der Waals surface area contributed by atoms with Crippen LogP contribution in [-0.2, 0) is 23.8 Å². The second-order valence-corrected chi connectivity index (χ2v) is 20.0. The highest BCUT2D eigenvalue weighted by atomic mass is 16.7. The third kappa shape index (κ3) is 38.3. The lowest BCUT2D eigenvalue weighted by atomic mass is 9.99. The summed E-state index contributed by atoms with van der Waals surface area (Å²) in [5, 5.41) is 54.3. The molecule has 1 rings (SSSR count). The number of aliphatic hydroxyl groups is 5. The minimum absolute atomic E-state index is 0.0297. The summed E-state index contributed by atoms with van der Waals surface area (Å²) in [5.74, 6) is -0.233. The first-order chi connectivity index (χ1) is 34.2. The number of nitrogens with one attached hydrogen (secondary N) is 1. The van der Waals surface area contributed by atoms with Gasteiger partial charge >= 0.3 is 5.97 Å². The molecule has 0 aromatic heterocycles. The number of carbonyl (C=O) groups excluding carboxylic acids is 2. The Morgan fingerprint density at radius 2 is 0.971 bits per heavy atom. The summed E-state index contributed by atoms with van der Waals surface area (Å²) >= 11 is 0. The van der Waals surface area contributed by atoms with Crippen molar-refractivity contribution in [2.75, 3.05) is 19.8 Å². The van der Waals surface area contributed by atoms with E-state index in [9.17, 15) is 35.1 Å². The Hall–Kier alpha value is -2.38. The normalized spacial score (nSPS) is 19.6. The molecule has 0 spiro atoms. The maximum absolute atomic E-state index is 13.0. The van der Waals surface area contributed by atoms with Crippen LogP contribution in [0, 0.1) is 0 Å². The summed E-state index contributed by atoms with van der Waals surface area (Å²) < 4.78 is 16.6. The largest absolute Gasteiger partial charge is 0.466 e. The summed E-state index contributed by atoms with van der Waals surface area (Å²) in [5.41, 5.74) is 0. The maximum Gasteiger partial charge on any atom is 0.305 e. The van der Waals surface area contributed by atoms with Crippen molar-refractivity contribution >= 4 is 11.9 Å². The molecule has 7 atom stereocenters. The minimum Gasteiger partial charge on any atom is -0.466 e. The second-order valence-electron chi connectivity index (χ2n) is 20.0. The average molecular weight is 991 g/mol. The quantitative estimate of drug-likeness (QED) is 0.0149. The Kier molecular flexibility index (Phi) is 45.8. The fraction of sp³-hybridized carbons (Fsp3) is 0.831. The highest BCUT2D eigenvalue weighted by Gasteiger charge is 2.44. The summed E-state index contributed by atoms with van der Waals surface area (Å²) in [4.78, 5) is 25.0. The monoisotopic (exact) mass is 990 g/mol. The van der Waals surface area contributed by atoms with Crippen LogP contribution >= 0.6 is 0 Å². The topological polar surface area (TPSA) is 175 Å². The molecule has 1 saturated heterocycles. The smallest absolute Gasteiger partial charge is 0.305 e. The van der Waals surface area contributed by atoms with Gasteiger partial charge in [-0.15, -0.1) is 0 Å². The van der Waals surface area contributed by atoms with Crippen LogP contribution in [0.25, 0.3) is 0 Å². The molecule has 0 aliphatic carbocycles. The molecule has 0 aromatic carbocycles. The summed E-state index contributed by atoms with van der Waals surface area (Å²) in [6, 6.07) is -0.835. The Labute approximate surface area is 427 Å². The van der Waals surface area contributed by atoms with Crippen molar-refractivity contribution in [3.05, 3.63) is 48.6 Å². The Morgan fingerprint density at radius 1 is 0.529 bits per heavy atom. The molecule has 70 heavy (non-hydrogen) atoms. The van der Waals surface area contributed by atoms with Gasteiger partial charge in [0.2, 0.25) is 5.91 Å². The maximum atomic E-state index is 13.0. The Balaban J connectivity index is 2.14. The van der Waals surface area contributed by atoms with E-state index >= 15 is 0 Å². The van der Waals surface area contributed by atoms with E-state index in [4.69, 9.17) is 14.2 Å². The van der Waals surface area contributed by atoms with Gasteiger partial charge < -0.3 is 45.1 Å². The SMILES string of the molecule is CCCCCCCC/C=C/CC/C=C/C(O)C(COC1OC(CO)C(O)C(O)C1O)NC(=O)CCCCCCCCCCCC/C=C\C=C/CCCCCOC(=O)CCCCCCCCCCCCC. The second kappa shape index (κ2) is 48.9. The molecule has 11 heteroatoms. The number of hydrogen-bond donors (Lipinski definition) is 6. The lowest BCUT2D eigenvalue weighted by molar-refractivity contribution is -0.302. The van der Waals surface area contributed by atoms with Crippen LogP contribution in [0.3, 0.4) is 0 Å². The fourth-order valence-electron chi connectivity index (χ4n) is 8.79. The summed E-state index contributed by atoms with van der Waals surface area (Å²) in [6.45, 7) is 4.25. The fourth-order valence-corrected chi connectivity index (χ4v) is 8.79. The van der Waals surface area contributed by atoms with Crippen molar-refractivity contribution in [3.8, 4) is 0 Å². The van der Waals surface area contributed by atoms with E-state index in [2.05, 4.69) is 55.6 Å². The van der Waals surface area contributed by atoms with Crippen molar-refractivity contribution < 1.29 is 49.3 Å². The van der Waals surface area contributed by atoms with Crippen molar-refractivity contribution in [3.63, 3.8) is 0 Å². The van der Waals surface area contributed by atoms with Gasteiger partial charge in [-0.2, -0.15) is 0 Å². The average Bonchev–Trinajstić information content (AvgIpc) is 3.36. The minimum atomic E-state index is -1.58. The van der Waals surface area contributed by atoms with Crippen LogP contribution in [0.2, 0.25) is 0 Å². The molecule has 1 heterocycles. The van der Waals surface area contributed by atoms with Crippen molar-refractivity contribution in [2.24, 2.45) is 0 Å². The van der Waals surface area contributed by atoms with Gasteiger partial charge in [-0.3, -0.25) is 9.59 Å². The molecule has 11 nitrogen and oxygen atoms in total. The highest BCUT2D eigenvalue weighted by Crippen LogP contribution is 2.23. The van der Waals surface area contributed by atoms with E-state index in [1.165, 1.54) is 135 Å². The van der Waals surface area contributed by atoms with Gasteiger partial charge in [0.05, 0.1) is 32.0 Å². The molecular formula is C59H107NO10. The van der Waals surface area contributed by atoms with Gasteiger partial charge in [0.15, 0.2) is 6.29 Å². The molecule has 1 fully saturated rings. The molecule has 0 saturated carbocycles. The first-order valence-corrected chi connectivity index (χ1v) is 28.9. The molecule has 6 N–H and O–H groups in total. The number of allylic oxidation sites excluding steroid dienone is 7. The van der Waals surface area contributed by atoms with E-state index in [1.807, 2.05) is 6.08 Å².